The normalized spacial score (nSPS) is 16.7. The SMILES string of the molecule is CNC(c1ccc2c(c1)NC(=O)CO2)C(C)(C)S(C)(=O)=O. The first-order chi connectivity index (χ1) is 9.66. The number of rotatable bonds is 4. The second kappa shape index (κ2) is 5.31. The van der Waals surface area contributed by atoms with E-state index in [1.165, 1.54) is 6.26 Å². The van der Waals surface area contributed by atoms with Crippen molar-refractivity contribution in [1.29, 1.82) is 0 Å². The molecule has 2 rings (SSSR count). The molecule has 21 heavy (non-hydrogen) atoms. The molecule has 0 spiro atoms. The molecule has 0 aromatic heterocycles. The molecule has 0 aliphatic carbocycles. The van der Waals surface area contributed by atoms with E-state index in [1.807, 2.05) is 6.07 Å². The second-order valence-electron chi connectivity index (χ2n) is 5.69. The van der Waals surface area contributed by atoms with E-state index in [-0.39, 0.29) is 12.5 Å². The predicted octanol–water partition coefficient (Wildman–Crippen LogP) is 1.10. The molecule has 0 fully saturated rings. The van der Waals surface area contributed by atoms with Gasteiger partial charge in [0.15, 0.2) is 16.4 Å². The van der Waals surface area contributed by atoms with Crippen LogP contribution in [-0.2, 0) is 14.6 Å². The lowest BCUT2D eigenvalue weighted by Gasteiger charge is -2.33. The first-order valence-electron chi connectivity index (χ1n) is 6.60. The van der Waals surface area contributed by atoms with Crippen LogP contribution in [0.4, 0.5) is 5.69 Å². The molecule has 1 heterocycles. The quantitative estimate of drug-likeness (QED) is 0.870. The average molecular weight is 312 g/mol. The lowest BCUT2D eigenvalue weighted by atomic mass is 9.94. The fraction of sp³-hybridized carbons (Fsp3) is 0.500. The molecule has 0 radical (unpaired) electrons. The van der Waals surface area contributed by atoms with Gasteiger partial charge in [-0.3, -0.25) is 4.79 Å². The Morgan fingerprint density at radius 2 is 2.05 bits per heavy atom. The molecule has 1 aliphatic rings. The van der Waals surface area contributed by atoms with E-state index in [9.17, 15) is 13.2 Å². The minimum atomic E-state index is -3.27. The smallest absolute Gasteiger partial charge is 0.262 e. The van der Waals surface area contributed by atoms with Crippen LogP contribution < -0.4 is 15.4 Å². The monoisotopic (exact) mass is 312 g/mol. The second-order valence-corrected chi connectivity index (χ2v) is 8.29. The minimum Gasteiger partial charge on any atom is -0.482 e. The Morgan fingerprint density at radius 3 is 2.62 bits per heavy atom. The van der Waals surface area contributed by atoms with Crippen molar-refractivity contribution in [2.24, 2.45) is 0 Å². The van der Waals surface area contributed by atoms with E-state index in [1.54, 1.807) is 33.0 Å². The van der Waals surface area contributed by atoms with Crippen LogP contribution in [-0.4, -0.2) is 39.0 Å². The van der Waals surface area contributed by atoms with Gasteiger partial charge in [-0.15, -0.1) is 0 Å². The number of sulfone groups is 1. The Kier molecular flexibility index (Phi) is 3.99. The number of benzene rings is 1. The molecule has 116 valence electrons. The van der Waals surface area contributed by atoms with E-state index < -0.39 is 20.6 Å². The number of hydrogen-bond acceptors (Lipinski definition) is 5. The number of ether oxygens (including phenoxy) is 1. The summed E-state index contributed by atoms with van der Waals surface area (Å²) in [4.78, 5) is 11.4. The maximum Gasteiger partial charge on any atom is 0.262 e. The van der Waals surface area contributed by atoms with Crippen molar-refractivity contribution in [3.8, 4) is 5.75 Å². The highest BCUT2D eigenvalue weighted by Gasteiger charge is 2.39. The van der Waals surface area contributed by atoms with Crippen LogP contribution in [0.15, 0.2) is 18.2 Å². The zero-order chi connectivity index (χ0) is 15.8. The van der Waals surface area contributed by atoms with Crippen molar-refractivity contribution in [2.75, 3.05) is 25.2 Å². The zero-order valence-corrected chi connectivity index (χ0v) is 13.4. The third-order valence-electron chi connectivity index (χ3n) is 3.91. The zero-order valence-electron chi connectivity index (χ0n) is 12.6. The van der Waals surface area contributed by atoms with Crippen LogP contribution in [0, 0.1) is 0 Å². The maximum absolute atomic E-state index is 12.0. The van der Waals surface area contributed by atoms with Crippen molar-refractivity contribution >= 4 is 21.4 Å². The van der Waals surface area contributed by atoms with Crippen LogP contribution >= 0.6 is 0 Å². The molecule has 1 aromatic rings. The van der Waals surface area contributed by atoms with Crippen LogP contribution in [0.3, 0.4) is 0 Å². The molecule has 1 amide bonds. The van der Waals surface area contributed by atoms with Gasteiger partial charge in [-0.25, -0.2) is 8.42 Å². The van der Waals surface area contributed by atoms with E-state index in [4.69, 9.17) is 4.74 Å². The Morgan fingerprint density at radius 1 is 1.38 bits per heavy atom. The van der Waals surface area contributed by atoms with Crippen LogP contribution in [0.5, 0.6) is 5.75 Å². The molecule has 7 heteroatoms. The molecule has 0 bridgehead atoms. The summed E-state index contributed by atoms with van der Waals surface area (Å²) in [6, 6.07) is 4.90. The molecule has 1 aliphatic heterocycles. The minimum absolute atomic E-state index is 0.00334. The molecule has 1 unspecified atom stereocenters. The Labute approximate surface area is 124 Å². The summed E-state index contributed by atoms with van der Waals surface area (Å²) in [5, 5.41) is 5.78. The fourth-order valence-corrected chi connectivity index (χ4v) is 3.09. The highest BCUT2D eigenvalue weighted by molar-refractivity contribution is 7.92. The van der Waals surface area contributed by atoms with E-state index in [0.29, 0.717) is 11.4 Å². The standard InChI is InChI=1S/C14H20N2O4S/c1-14(2,21(4,18)19)13(15-3)9-5-6-11-10(7-9)16-12(17)8-20-11/h5-7,13,15H,8H2,1-4H3,(H,16,17). The van der Waals surface area contributed by atoms with E-state index >= 15 is 0 Å². The largest absolute Gasteiger partial charge is 0.482 e. The van der Waals surface area contributed by atoms with Gasteiger partial charge in [0.05, 0.1) is 16.5 Å². The highest BCUT2D eigenvalue weighted by Crippen LogP contribution is 2.36. The van der Waals surface area contributed by atoms with E-state index in [2.05, 4.69) is 10.6 Å². The summed E-state index contributed by atoms with van der Waals surface area (Å²) in [7, 11) is -1.56. The van der Waals surface area contributed by atoms with Crippen molar-refractivity contribution in [3.05, 3.63) is 23.8 Å². The van der Waals surface area contributed by atoms with Crippen molar-refractivity contribution < 1.29 is 17.9 Å². The number of carbonyl (C=O) groups is 1. The van der Waals surface area contributed by atoms with Crippen molar-refractivity contribution in [2.45, 2.75) is 24.6 Å². The molecule has 6 nitrogen and oxygen atoms in total. The molecule has 2 N–H and O–H groups in total. The third kappa shape index (κ3) is 2.89. The summed E-state index contributed by atoms with van der Waals surface area (Å²) in [6.07, 6.45) is 1.22. The lowest BCUT2D eigenvalue weighted by molar-refractivity contribution is -0.118. The predicted molar refractivity (Wildman–Crippen MR) is 81.3 cm³/mol. The first-order valence-corrected chi connectivity index (χ1v) is 8.49. The van der Waals surface area contributed by atoms with Gasteiger partial charge in [0.25, 0.3) is 5.91 Å². The van der Waals surface area contributed by atoms with Crippen molar-refractivity contribution in [1.82, 2.24) is 5.32 Å². The first kappa shape index (κ1) is 15.8. The number of nitrogens with one attached hydrogen (secondary N) is 2. The van der Waals surface area contributed by atoms with Gasteiger partial charge in [-0.05, 0) is 38.6 Å². The Bertz CT molecular complexity index is 668. The molecule has 1 atom stereocenters. The van der Waals surface area contributed by atoms with Crippen LogP contribution in [0.1, 0.15) is 25.5 Å². The topological polar surface area (TPSA) is 84.5 Å². The van der Waals surface area contributed by atoms with Crippen molar-refractivity contribution in [3.63, 3.8) is 0 Å². The summed E-state index contributed by atoms with van der Waals surface area (Å²) in [6.45, 7) is 3.35. The number of fused-ring (bicyclic) bond motifs is 1. The fourth-order valence-electron chi connectivity index (χ4n) is 2.41. The van der Waals surface area contributed by atoms with Gasteiger partial charge in [0, 0.05) is 6.26 Å². The molecule has 0 saturated carbocycles. The Hall–Kier alpha value is -1.60. The number of hydrogen-bond donors (Lipinski definition) is 2. The highest BCUT2D eigenvalue weighted by atomic mass is 32.2. The van der Waals surface area contributed by atoms with Gasteiger partial charge < -0.3 is 15.4 Å². The van der Waals surface area contributed by atoms with Gasteiger partial charge in [-0.2, -0.15) is 0 Å². The van der Waals surface area contributed by atoms with Crippen LogP contribution in [0.2, 0.25) is 0 Å². The Balaban J connectivity index is 2.45. The summed E-state index contributed by atoms with van der Waals surface area (Å²) < 4.78 is 28.4. The maximum atomic E-state index is 12.0. The van der Waals surface area contributed by atoms with Gasteiger partial charge in [-0.1, -0.05) is 6.07 Å². The molecular weight excluding hydrogens is 292 g/mol. The molecule has 0 saturated heterocycles. The third-order valence-corrected chi connectivity index (χ3v) is 6.06. The summed E-state index contributed by atoms with van der Waals surface area (Å²) >= 11 is 0. The molecular formula is C14H20N2O4S. The van der Waals surface area contributed by atoms with Gasteiger partial charge in [0.2, 0.25) is 0 Å². The lowest BCUT2D eigenvalue weighted by Crippen LogP contribution is -2.43. The number of amides is 1. The summed E-state index contributed by atoms with van der Waals surface area (Å²) in [5.74, 6) is 0.369. The number of anilines is 1. The average Bonchev–Trinajstić information content (AvgIpc) is 2.37. The van der Waals surface area contributed by atoms with Crippen LogP contribution in [0.25, 0.3) is 0 Å². The van der Waals surface area contributed by atoms with E-state index in [0.717, 1.165) is 5.56 Å². The van der Waals surface area contributed by atoms with Gasteiger partial charge >= 0.3 is 0 Å². The number of carbonyl (C=O) groups excluding carboxylic acids is 1. The summed E-state index contributed by atoms with van der Waals surface area (Å²) in [5.41, 5.74) is 1.34. The molecule has 1 aromatic carbocycles. The van der Waals surface area contributed by atoms with Gasteiger partial charge in [0.1, 0.15) is 5.75 Å².